The molecule has 2 N–H and O–H groups in total. The van der Waals surface area contributed by atoms with Gasteiger partial charge in [0.25, 0.3) is 0 Å². The number of likely N-dealkylation sites (tertiary alicyclic amines) is 1. The summed E-state index contributed by atoms with van der Waals surface area (Å²) in [6.45, 7) is 5.00. The highest BCUT2D eigenvalue weighted by Crippen LogP contribution is 2.27. The Kier molecular flexibility index (Phi) is 2.89. The largest absolute Gasteiger partial charge is 0.328 e. The SMILES string of the molecule is CC1CCCN1CC1CCC(N)C1. The van der Waals surface area contributed by atoms with Crippen LogP contribution in [0.1, 0.15) is 39.0 Å². The van der Waals surface area contributed by atoms with Crippen molar-refractivity contribution in [1.82, 2.24) is 4.90 Å². The van der Waals surface area contributed by atoms with E-state index in [2.05, 4.69) is 11.8 Å². The highest BCUT2D eigenvalue weighted by Gasteiger charge is 2.27. The van der Waals surface area contributed by atoms with Crippen LogP contribution in [0.15, 0.2) is 0 Å². The van der Waals surface area contributed by atoms with Crippen molar-refractivity contribution >= 4 is 0 Å². The van der Waals surface area contributed by atoms with E-state index in [1.54, 1.807) is 0 Å². The van der Waals surface area contributed by atoms with Gasteiger partial charge in [-0.3, -0.25) is 0 Å². The molecule has 2 aliphatic rings. The van der Waals surface area contributed by atoms with Crippen LogP contribution in [0, 0.1) is 5.92 Å². The van der Waals surface area contributed by atoms with Gasteiger partial charge >= 0.3 is 0 Å². The van der Waals surface area contributed by atoms with E-state index >= 15 is 0 Å². The Labute approximate surface area is 81.5 Å². The molecule has 1 saturated carbocycles. The molecule has 13 heavy (non-hydrogen) atoms. The fourth-order valence-corrected chi connectivity index (χ4v) is 2.88. The number of hydrogen-bond acceptors (Lipinski definition) is 2. The molecule has 2 fully saturated rings. The Morgan fingerprint density at radius 1 is 1.31 bits per heavy atom. The standard InChI is InChI=1S/C11H22N2/c1-9-3-2-6-13(9)8-10-4-5-11(12)7-10/h9-11H,2-8,12H2,1H3. The van der Waals surface area contributed by atoms with Crippen molar-refractivity contribution in [1.29, 1.82) is 0 Å². The van der Waals surface area contributed by atoms with Crippen molar-refractivity contribution in [3.05, 3.63) is 0 Å². The molecule has 2 nitrogen and oxygen atoms in total. The zero-order valence-electron chi connectivity index (χ0n) is 8.71. The van der Waals surface area contributed by atoms with Gasteiger partial charge in [-0.2, -0.15) is 0 Å². The lowest BCUT2D eigenvalue weighted by molar-refractivity contribution is 0.226. The summed E-state index contributed by atoms with van der Waals surface area (Å²) >= 11 is 0. The summed E-state index contributed by atoms with van der Waals surface area (Å²) in [5, 5.41) is 0. The van der Waals surface area contributed by atoms with Gasteiger partial charge in [-0.05, 0) is 51.5 Å². The molecule has 3 atom stereocenters. The number of nitrogens with zero attached hydrogens (tertiary/aromatic N) is 1. The lowest BCUT2D eigenvalue weighted by atomic mass is 10.1. The second kappa shape index (κ2) is 3.97. The third-order valence-corrected chi connectivity index (χ3v) is 3.77. The van der Waals surface area contributed by atoms with Crippen LogP contribution in [0.5, 0.6) is 0 Å². The predicted octanol–water partition coefficient (Wildman–Crippen LogP) is 1.60. The average Bonchev–Trinajstić information content (AvgIpc) is 2.64. The summed E-state index contributed by atoms with van der Waals surface area (Å²) in [6.07, 6.45) is 6.69. The van der Waals surface area contributed by atoms with Crippen LogP contribution >= 0.6 is 0 Å². The minimum absolute atomic E-state index is 0.503. The van der Waals surface area contributed by atoms with E-state index in [-0.39, 0.29) is 0 Å². The normalized spacial score (nSPS) is 41.5. The highest BCUT2D eigenvalue weighted by atomic mass is 15.2. The minimum atomic E-state index is 0.503. The first-order chi connectivity index (χ1) is 6.25. The molecule has 3 unspecified atom stereocenters. The van der Waals surface area contributed by atoms with Gasteiger partial charge in [0.05, 0.1) is 0 Å². The second-order valence-corrected chi connectivity index (χ2v) is 4.93. The van der Waals surface area contributed by atoms with Gasteiger partial charge in [-0.15, -0.1) is 0 Å². The molecule has 76 valence electrons. The first-order valence-electron chi connectivity index (χ1n) is 5.75. The first-order valence-corrected chi connectivity index (χ1v) is 5.75. The van der Waals surface area contributed by atoms with Gasteiger partial charge in [0.2, 0.25) is 0 Å². The molecule has 0 aromatic carbocycles. The van der Waals surface area contributed by atoms with Crippen LogP contribution < -0.4 is 5.73 Å². The molecule has 1 saturated heterocycles. The summed E-state index contributed by atoms with van der Waals surface area (Å²) in [5.41, 5.74) is 5.92. The van der Waals surface area contributed by atoms with Gasteiger partial charge in [-0.1, -0.05) is 0 Å². The minimum Gasteiger partial charge on any atom is -0.328 e. The topological polar surface area (TPSA) is 29.3 Å². The number of hydrogen-bond donors (Lipinski definition) is 1. The first kappa shape index (κ1) is 9.47. The Balaban J connectivity index is 1.77. The van der Waals surface area contributed by atoms with E-state index in [0.717, 1.165) is 12.0 Å². The van der Waals surface area contributed by atoms with Crippen LogP contribution in [0.3, 0.4) is 0 Å². The van der Waals surface area contributed by atoms with Crippen LogP contribution in [0.4, 0.5) is 0 Å². The summed E-state index contributed by atoms with van der Waals surface area (Å²) in [5.74, 6) is 0.899. The quantitative estimate of drug-likeness (QED) is 0.703. The van der Waals surface area contributed by atoms with Crippen molar-refractivity contribution in [2.24, 2.45) is 11.7 Å². The van der Waals surface area contributed by atoms with Gasteiger partial charge < -0.3 is 10.6 Å². The molecular formula is C11H22N2. The number of nitrogens with two attached hydrogens (primary N) is 1. The van der Waals surface area contributed by atoms with Gasteiger partial charge in [0.15, 0.2) is 0 Å². The van der Waals surface area contributed by atoms with Crippen LogP contribution in [-0.4, -0.2) is 30.1 Å². The van der Waals surface area contributed by atoms with E-state index < -0.39 is 0 Å². The van der Waals surface area contributed by atoms with Crippen LogP contribution in [0.25, 0.3) is 0 Å². The van der Waals surface area contributed by atoms with Crippen molar-refractivity contribution in [3.8, 4) is 0 Å². The lowest BCUT2D eigenvalue weighted by Gasteiger charge is -2.24. The molecule has 2 rings (SSSR count). The Morgan fingerprint density at radius 2 is 2.15 bits per heavy atom. The zero-order chi connectivity index (χ0) is 9.26. The lowest BCUT2D eigenvalue weighted by Crippen LogP contribution is -2.32. The highest BCUT2D eigenvalue weighted by molar-refractivity contribution is 4.83. The number of rotatable bonds is 2. The van der Waals surface area contributed by atoms with Crippen LogP contribution in [0.2, 0.25) is 0 Å². The third kappa shape index (κ3) is 2.23. The molecule has 0 aromatic heterocycles. The molecule has 0 bridgehead atoms. The maximum Gasteiger partial charge on any atom is 0.00675 e. The molecular weight excluding hydrogens is 160 g/mol. The smallest absolute Gasteiger partial charge is 0.00675 e. The average molecular weight is 182 g/mol. The van der Waals surface area contributed by atoms with E-state index in [9.17, 15) is 0 Å². The molecule has 0 aromatic rings. The summed E-state index contributed by atoms with van der Waals surface area (Å²) in [7, 11) is 0. The molecule has 0 radical (unpaired) electrons. The summed E-state index contributed by atoms with van der Waals surface area (Å²) in [4.78, 5) is 2.66. The van der Waals surface area contributed by atoms with Crippen molar-refractivity contribution in [3.63, 3.8) is 0 Å². The van der Waals surface area contributed by atoms with Crippen molar-refractivity contribution in [2.75, 3.05) is 13.1 Å². The predicted molar refractivity (Wildman–Crippen MR) is 55.6 cm³/mol. The van der Waals surface area contributed by atoms with Gasteiger partial charge in [0, 0.05) is 18.6 Å². The fourth-order valence-electron chi connectivity index (χ4n) is 2.88. The fraction of sp³-hybridized carbons (Fsp3) is 1.00. The van der Waals surface area contributed by atoms with E-state index in [4.69, 9.17) is 5.73 Å². The van der Waals surface area contributed by atoms with E-state index in [1.165, 1.54) is 45.2 Å². The maximum atomic E-state index is 5.92. The molecule has 1 heterocycles. The van der Waals surface area contributed by atoms with Crippen molar-refractivity contribution < 1.29 is 0 Å². The van der Waals surface area contributed by atoms with Crippen molar-refractivity contribution in [2.45, 2.75) is 51.1 Å². The maximum absolute atomic E-state index is 5.92. The van der Waals surface area contributed by atoms with E-state index in [1.807, 2.05) is 0 Å². The molecule has 0 spiro atoms. The Morgan fingerprint density at radius 3 is 2.69 bits per heavy atom. The monoisotopic (exact) mass is 182 g/mol. The molecule has 1 aliphatic carbocycles. The van der Waals surface area contributed by atoms with Gasteiger partial charge in [0.1, 0.15) is 0 Å². The third-order valence-electron chi connectivity index (χ3n) is 3.77. The van der Waals surface area contributed by atoms with Gasteiger partial charge in [-0.25, -0.2) is 0 Å². The van der Waals surface area contributed by atoms with Crippen LogP contribution in [-0.2, 0) is 0 Å². The Hall–Kier alpha value is -0.0800. The van der Waals surface area contributed by atoms with E-state index in [0.29, 0.717) is 6.04 Å². The second-order valence-electron chi connectivity index (χ2n) is 4.93. The summed E-state index contributed by atoms with van der Waals surface area (Å²) in [6, 6.07) is 1.33. The molecule has 0 amide bonds. The molecule has 2 heteroatoms. The summed E-state index contributed by atoms with van der Waals surface area (Å²) < 4.78 is 0. The molecule has 1 aliphatic heterocycles. The zero-order valence-corrected chi connectivity index (χ0v) is 8.71. The Bertz CT molecular complexity index is 169.